The van der Waals surface area contributed by atoms with E-state index in [2.05, 4.69) is 34.2 Å². The monoisotopic (exact) mass is 420 g/mol. The summed E-state index contributed by atoms with van der Waals surface area (Å²) < 4.78 is 0. The minimum absolute atomic E-state index is 0. The highest BCUT2D eigenvalue weighted by atomic mass is 127. The summed E-state index contributed by atoms with van der Waals surface area (Å²) >= 11 is 0. The molecule has 1 heterocycles. The van der Waals surface area contributed by atoms with Gasteiger partial charge in [-0.3, -0.25) is 4.99 Å². The van der Waals surface area contributed by atoms with Crippen molar-refractivity contribution >= 4 is 29.9 Å². The molecule has 0 bridgehead atoms. The lowest BCUT2D eigenvalue weighted by Gasteiger charge is -2.29. The van der Waals surface area contributed by atoms with Crippen LogP contribution >= 0.6 is 24.0 Å². The normalized spacial score (nSPS) is 25.6. The van der Waals surface area contributed by atoms with Crippen LogP contribution in [0.15, 0.2) is 4.99 Å². The second kappa shape index (κ2) is 7.69. The van der Waals surface area contributed by atoms with Crippen molar-refractivity contribution in [2.24, 2.45) is 16.3 Å². The van der Waals surface area contributed by atoms with Gasteiger partial charge in [-0.15, -0.1) is 24.0 Å². The predicted molar refractivity (Wildman–Crippen MR) is 104 cm³/mol. The summed E-state index contributed by atoms with van der Waals surface area (Å²) in [4.78, 5) is 9.43. The van der Waals surface area contributed by atoms with Gasteiger partial charge in [-0.1, -0.05) is 12.8 Å². The van der Waals surface area contributed by atoms with E-state index in [0.717, 1.165) is 18.4 Å². The SMILES string of the molecule is CN=C(NCC(C1CC1)N(C)C)N1CCC2(CCCC2)C1.I. The minimum Gasteiger partial charge on any atom is -0.355 e. The fourth-order valence-corrected chi connectivity index (χ4v) is 4.43. The molecule has 1 atom stereocenters. The maximum Gasteiger partial charge on any atom is 0.193 e. The van der Waals surface area contributed by atoms with Crippen molar-refractivity contribution in [3.8, 4) is 0 Å². The van der Waals surface area contributed by atoms with Gasteiger partial charge in [0, 0.05) is 32.7 Å². The largest absolute Gasteiger partial charge is 0.355 e. The van der Waals surface area contributed by atoms with E-state index in [1.165, 1.54) is 58.0 Å². The highest BCUT2D eigenvalue weighted by molar-refractivity contribution is 14.0. The summed E-state index contributed by atoms with van der Waals surface area (Å²) in [6.07, 6.45) is 9.90. The molecule has 1 aliphatic heterocycles. The number of halogens is 1. The lowest BCUT2D eigenvalue weighted by Crippen LogP contribution is -2.47. The molecule has 128 valence electrons. The first-order chi connectivity index (χ1) is 10.1. The van der Waals surface area contributed by atoms with Gasteiger partial charge in [0.05, 0.1) is 0 Å². The quantitative estimate of drug-likeness (QED) is 0.431. The fraction of sp³-hybridized carbons (Fsp3) is 0.941. The summed E-state index contributed by atoms with van der Waals surface area (Å²) in [5, 5.41) is 3.65. The van der Waals surface area contributed by atoms with Gasteiger partial charge in [0.25, 0.3) is 0 Å². The number of aliphatic imine (C=N–C) groups is 1. The van der Waals surface area contributed by atoms with Crippen molar-refractivity contribution in [2.75, 3.05) is 40.8 Å². The third-order valence-electron chi connectivity index (χ3n) is 5.91. The van der Waals surface area contributed by atoms with Crippen LogP contribution in [-0.4, -0.2) is 62.6 Å². The minimum atomic E-state index is 0. The zero-order valence-corrected chi connectivity index (χ0v) is 16.8. The van der Waals surface area contributed by atoms with E-state index in [9.17, 15) is 0 Å². The first-order valence-electron chi connectivity index (χ1n) is 8.76. The zero-order chi connectivity index (χ0) is 14.9. The molecule has 4 nitrogen and oxygen atoms in total. The molecule has 2 aliphatic carbocycles. The van der Waals surface area contributed by atoms with Crippen LogP contribution in [0.3, 0.4) is 0 Å². The molecule has 0 aromatic rings. The summed E-state index contributed by atoms with van der Waals surface area (Å²) in [5.74, 6) is 2.02. The van der Waals surface area contributed by atoms with Crippen LogP contribution in [0.1, 0.15) is 44.9 Å². The van der Waals surface area contributed by atoms with E-state index in [1.54, 1.807) is 0 Å². The average Bonchev–Trinajstić information content (AvgIpc) is 3.06. The van der Waals surface area contributed by atoms with E-state index in [4.69, 9.17) is 0 Å². The number of hydrogen-bond acceptors (Lipinski definition) is 2. The number of likely N-dealkylation sites (tertiary alicyclic amines) is 1. The summed E-state index contributed by atoms with van der Waals surface area (Å²) in [7, 11) is 6.34. The number of nitrogens with one attached hydrogen (secondary N) is 1. The van der Waals surface area contributed by atoms with Gasteiger partial charge in [0.2, 0.25) is 0 Å². The van der Waals surface area contributed by atoms with Gasteiger partial charge >= 0.3 is 0 Å². The summed E-state index contributed by atoms with van der Waals surface area (Å²) in [5.41, 5.74) is 0.620. The molecule has 3 aliphatic rings. The number of hydrogen-bond donors (Lipinski definition) is 1. The first kappa shape index (κ1) is 18.3. The zero-order valence-electron chi connectivity index (χ0n) is 14.5. The first-order valence-corrected chi connectivity index (χ1v) is 8.76. The molecular weight excluding hydrogens is 387 g/mol. The van der Waals surface area contributed by atoms with Crippen LogP contribution in [0.5, 0.6) is 0 Å². The molecule has 1 saturated heterocycles. The Morgan fingerprint density at radius 3 is 2.50 bits per heavy atom. The van der Waals surface area contributed by atoms with Gasteiger partial charge in [-0.05, 0) is 57.5 Å². The van der Waals surface area contributed by atoms with Crippen LogP contribution in [-0.2, 0) is 0 Å². The standard InChI is InChI=1S/C17H32N4.HI/c1-18-16(19-12-15(20(2)3)14-6-7-14)21-11-10-17(13-21)8-4-5-9-17;/h14-15H,4-13H2,1-3H3,(H,18,19);1H. The fourth-order valence-electron chi connectivity index (χ4n) is 4.43. The second-order valence-corrected chi connectivity index (χ2v) is 7.68. The number of rotatable bonds is 4. The molecule has 3 fully saturated rings. The molecule has 1 unspecified atom stereocenters. The Bertz CT molecular complexity index is 384. The van der Waals surface area contributed by atoms with E-state index in [-0.39, 0.29) is 24.0 Å². The molecule has 0 aromatic carbocycles. The molecule has 1 N–H and O–H groups in total. The lowest BCUT2D eigenvalue weighted by molar-refractivity contribution is 0.260. The Hall–Kier alpha value is -0.0400. The summed E-state index contributed by atoms with van der Waals surface area (Å²) in [6, 6.07) is 0.657. The number of likely N-dealkylation sites (N-methyl/N-ethyl adjacent to an activating group) is 1. The van der Waals surface area contributed by atoms with Gasteiger partial charge in [0.15, 0.2) is 5.96 Å². The Morgan fingerprint density at radius 1 is 1.27 bits per heavy atom. The van der Waals surface area contributed by atoms with Crippen molar-refractivity contribution < 1.29 is 0 Å². The van der Waals surface area contributed by atoms with Crippen molar-refractivity contribution in [3.05, 3.63) is 0 Å². The van der Waals surface area contributed by atoms with Crippen LogP contribution < -0.4 is 5.32 Å². The Morgan fingerprint density at radius 2 is 1.95 bits per heavy atom. The third-order valence-corrected chi connectivity index (χ3v) is 5.91. The van der Waals surface area contributed by atoms with Crippen LogP contribution in [0.4, 0.5) is 0 Å². The smallest absolute Gasteiger partial charge is 0.193 e. The van der Waals surface area contributed by atoms with Gasteiger partial charge in [-0.25, -0.2) is 0 Å². The molecule has 5 heteroatoms. The average molecular weight is 420 g/mol. The van der Waals surface area contributed by atoms with Gasteiger partial charge in [-0.2, -0.15) is 0 Å². The predicted octanol–water partition coefficient (Wildman–Crippen LogP) is 2.79. The number of nitrogens with zero attached hydrogens (tertiary/aromatic N) is 3. The third kappa shape index (κ3) is 4.08. The topological polar surface area (TPSA) is 30.9 Å². The van der Waals surface area contributed by atoms with Crippen molar-refractivity contribution in [1.82, 2.24) is 15.1 Å². The second-order valence-electron chi connectivity index (χ2n) is 7.68. The molecule has 3 rings (SSSR count). The maximum absolute atomic E-state index is 4.55. The maximum atomic E-state index is 4.55. The van der Waals surface area contributed by atoms with E-state index in [1.807, 2.05) is 7.05 Å². The van der Waals surface area contributed by atoms with E-state index < -0.39 is 0 Å². The van der Waals surface area contributed by atoms with Gasteiger partial charge in [0.1, 0.15) is 0 Å². The molecule has 1 spiro atoms. The van der Waals surface area contributed by atoms with Crippen LogP contribution in [0, 0.1) is 11.3 Å². The number of guanidine groups is 1. The molecule has 22 heavy (non-hydrogen) atoms. The highest BCUT2D eigenvalue weighted by Crippen LogP contribution is 2.45. The van der Waals surface area contributed by atoms with E-state index >= 15 is 0 Å². The highest BCUT2D eigenvalue weighted by Gasteiger charge is 2.41. The summed E-state index contributed by atoms with van der Waals surface area (Å²) in [6.45, 7) is 3.45. The lowest BCUT2D eigenvalue weighted by atomic mass is 9.86. The van der Waals surface area contributed by atoms with Crippen molar-refractivity contribution in [3.63, 3.8) is 0 Å². The van der Waals surface area contributed by atoms with E-state index in [0.29, 0.717) is 11.5 Å². The van der Waals surface area contributed by atoms with Crippen molar-refractivity contribution in [1.29, 1.82) is 0 Å². The Balaban J connectivity index is 0.00000176. The van der Waals surface area contributed by atoms with Gasteiger partial charge < -0.3 is 15.1 Å². The molecule has 0 amide bonds. The van der Waals surface area contributed by atoms with Crippen LogP contribution in [0.25, 0.3) is 0 Å². The molecule has 0 aromatic heterocycles. The van der Waals surface area contributed by atoms with Crippen LogP contribution in [0.2, 0.25) is 0 Å². The Labute approximate surface area is 153 Å². The molecular formula is C17H33IN4. The molecule has 2 saturated carbocycles. The Kier molecular flexibility index (Phi) is 6.39. The van der Waals surface area contributed by atoms with Crippen molar-refractivity contribution in [2.45, 2.75) is 51.0 Å². The molecule has 0 radical (unpaired) electrons.